The molecule has 0 unspecified atom stereocenters. The van der Waals surface area contributed by atoms with Crippen molar-refractivity contribution >= 4 is 12.4 Å². The smallest absolute Gasteiger partial charge is 0.175 e. The molecule has 0 radical (unpaired) electrons. The van der Waals surface area contributed by atoms with Crippen LogP contribution in [0.1, 0.15) is 0 Å². The SMILES string of the molecule is S=[N+]1C=CC=CCN1. The molecule has 1 heterocycles. The first-order valence-corrected chi connectivity index (χ1v) is 2.79. The normalized spacial score (nSPS) is 17.8. The van der Waals surface area contributed by atoms with E-state index in [2.05, 4.69) is 5.43 Å². The summed E-state index contributed by atoms with van der Waals surface area (Å²) in [4.78, 5) is 0. The zero-order valence-corrected chi connectivity index (χ0v) is 5.19. The molecule has 2 nitrogen and oxygen atoms in total. The zero-order valence-electron chi connectivity index (χ0n) is 4.37. The Bertz CT molecular complexity index is 149. The molecular formula is C5H7N2S+. The highest BCUT2D eigenvalue weighted by Crippen LogP contribution is 1.81. The predicted octanol–water partition coefficient (Wildman–Crippen LogP) is 0.317. The molecule has 0 aliphatic carbocycles. The number of nitrogens with zero attached hydrogens (tertiary/aromatic N) is 1. The van der Waals surface area contributed by atoms with Crippen molar-refractivity contribution in [3.63, 3.8) is 0 Å². The van der Waals surface area contributed by atoms with Gasteiger partial charge in [-0.05, 0) is 4.05 Å². The maximum absolute atomic E-state index is 4.77. The topological polar surface area (TPSA) is 15.0 Å². The van der Waals surface area contributed by atoms with Crippen LogP contribution < -0.4 is 5.43 Å². The molecule has 1 aliphatic heterocycles. The second-order valence-corrected chi connectivity index (χ2v) is 1.85. The molecule has 42 valence electrons. The Morgan fingerprint density at radius 3 is 3.25 bits per heavy atom. The van der Waals surface area contributed by atoms with Gasteiger partial charge in [-0.1, -0.05) is 12.2 Å². The first-order chi connectivity index (χ1) is 3.89. The minimum atomic E-state index is 0.816. The third-order valence-corrected chi connectivity index (χ3v) is 1.08. The van der Waals surface area contributed by atoms with Crippen molar-refractivity contribution in [3.05, 3.63) is 24.4 Å². The molecule has 1 N–H and O–H groups in total. The second kappa shape index (κ2) is 2.57. The third kappa shape index (κ3) is 1.42. The zero-order chi connectivity index (χ0) is 5.82. The molecule has 0 aromatic carbocycles. The van der Waals surface area contributed by atoms with Gasteiger partial charge in [-0.25, -0.2) is 0 Å². The van der Waals surface area contributed by atoms with Crippen LogP contribution >= 0.6 is 0 Å². The lowest BCUT2D eigenvalue weighted by atomic mass is 10.5. The lowest BCUT2D eigenvalue weighted by Crippen LogP contribution is -2.20. The van der Waals surface area contributed by atoms with E-state index < -0.39 is 0 Å². The van der Waals surface area contributed by atoms with Crippen molar-refractivity contribution in [2.45, 2.75) is 0 Å². The van der Waals surface area contributed by atoms with Gasteiger partial charge in [0.25, 0.3) is 0 Å². The molecule has 0 saturated heterocycles. The van der Waals surface area contributed by atoms with E-state index >= 15 is 0 Å². The molecule has 0 atom stereocenters. The summed E-state index contributed by atoms with van der Waals surface area (Å²) >= 11 is 4.77. The maximum Gasteiger partial charge on any atom is 0.303 e. The van der Waals surface area contributed by atoms with E-state index in [0.29, 0.717) is 0 Å². The number of hydrogen-bond donors (Lipinski definition) is 1. The molecule has 8 heavy (non-hydrogen) atoms. The highest BCUT2D eigenvalue weighted by molar-refractivity contribution is 7.44. The van der Waals surface area contributed by atoms with E-state index in [0.717, 1.165) is 6.54 Å². The molecule has 1 rings (SSSR count). The van der Waals surface area contributed by atoms with Crippen molar-refractivity contribution in [2.75, 3.05) is 6.54 Å². The summed E-state index contributed by atoms with van der Waals surface area (Å²) in [5, 5.41) is 0. The molecule has 0 saturated carbocycles. The molecular weight excluding hydrogens is 120 g/mol. The molecule has 0 aromatic heterocycles. The van der Waals surface area contributed by atoms with Gasteiger partial charge in [-0.15, -0.1) is 0 Å². The van der Waals surface area contributed by atoms with Crippen molar-refractivity contribution in [3.8, 4) is 0 Å². The Labute approximate surface area is 53.6 Å². The second-order valence-electron chi connectivity index (χ2n) is 1.46. The van der Waals surface area contributed by atoms with Crippen LogP contribution in [0.25, 0.3) is 0 Å². The lowest BCUT2D eigenvalue weighted by molar-refractivity contribution is -0.490. The molecule has 0 amide bonds. The summed E-state index contributed by atoms with van der Waals surface area (Å²) in [6, 6.07) is 0. The van der Waals surface area contributed by atoms with Crippen LogP contribution in [0.15, 0.2) is 24.4 Å². The first kappa shape index (κ1) is 5.44. The Morgan fingerprint density at radius 1 is 1.50 bits per heavy atom. The number of rotatable bonds is 0. The average molecular weight is 127 g/mol. The van der Waals surface area contributed by atoms with Gasteiger partial charge in [0.1, 0.15) is 0 Å². The molecule has 0 spiro atoms. The third-order valence-electron chi connectivity index (χ3n) is 0.834. The van der Waals surface area contributed by atoms with Crippen LogP contribution in [0.4, 0.5) is 0 Å². The summed E-state index contributed by atoms with van der Waals surface area (Å²) in [6.45, 7) is 0.816. The average Bonchev–Trinajstić information content (AvgIpc) is 1.94. The quantitative estimate of drug-likeness (QED) is 0.471. The van der Waals surface area contributed by atoms with Crippen LogP contribution in [0.2, 0.25) is 0 Å². The van der Waals surface area contributed by atoms with Crippen molar-refractivity contribution in [1.29, 1.82) is 0 Å². The molecule has 0 aromatic rings. The van der Waals surface area contributed by atoms with Crippen LogP contribution in [0.3, 0.4) is 0 Å². The summed E-state index contributed by atoms with van der Waals surface area (Å²) in [6.07, 6.45) is 7.65. The highest BCUT2D eigenvalue weighted by atomic mass is 32.1. The van der Waals surface area contributed by atoms with Gasteiger partial charge >= 0.3 is 12.4 Å². The number of hydrogen-bond acceptors (Lipinski definition) is 1. The fraction of sp³-hybridized carbons (Fsp3) is 0.200. The van der Waals surface area contributed by atoms with Crippen LogP contribution in [-0.4, -0.2) is 10.6 Å². The predicted molar refractivity (Wildman–Crippen MR) is 33.9 cm³/mol. The lowest BCUT2D eigenvalue weighted by Gasteiger charge is -1.85. The fourth-order valence-corrected chi connectivity index (χ4v) is 0.615. The van der Waals surface area contributed by atoms with Crippen LogP contribution in [0.5, 0.6) is 0 Å². The van der Waals surface area contributed by atoms with E-state index in [1.54, 1.807) is 6.20 Å². The number of allylic oxidation sites excluding steroid dienone is 2. The summed E-state index contributed by atoms with van der Waals surface area (Å²) in [5.41, 5.74) is 2.92. The van der Waals surface area contributed by atoms with E-state index in [9.17, 15) is 0 Å². The van der Waals surface area contributed by atoms with Crippen molar-refractivity contribution in [2.24, 2.45) is 0 Å². The number of hydrazine groups is 1. The first-order valence-electron chi connectivity index (χ1n) is 2.43. The van der Waals surface area contributed by atoms with Gasteiger partial charge in [-0.2, -0.15) is 5.43 Å². The van der Waals surface area contributed by atoms with E-state index in [-0.39, 0.29) is 0 Å². The minimum absolute atomic E-state index is 0.816. The molecule has 1 aliphatic rings. The summed E-state index contributed by atoms with van der Waals surface area (Å²) in [5.74, 6) is 0. The Morgan fingerprint density at radius 2 is 2.38 bits per heavy atom. The van der Waals surface area contributed by atoms with Gasteiger partial charge < -0.3 is 0 Å². The van der Waals surface area contributed by atoms with Crippen LogP contribution in [-0.2, 0) is 12.4 Å². The van der Waals surface area contributed by atoms with Gasteiger partial charge in [0.2, 0.25) is 6.20 Å². The largest absolute Gasteiger partial charge is 0.303 e. The molecule has 0 fully saturated rings. The van der Waals surface area contributed by atoms with Crippen molar-refractivity contribution in [1.82, 2.24) is 5.43 Å². The van der Waals surface area contributed by atoms with Gasteiger partial charge in [0.05, 0.1) is 6.54 Å². The Hall–Kier alpha value is -0.700. The maximum atomic E-state index is 4.77. The monoisotopic (exact) mass is 127 g/mol. The Kier molecular flexibility index (Phi) is 1.75. The van der Waals surface area contributed by atoms with Gasteiger partial charge in [0.15, 0.2) is 0 Å². The van der Waals surface area contributed by atoms with Crippen LogP contribution in [0, 0.1) is 0 Å². The number of nitrogens with one attached hydrogen (secondary N) is 1. The van der Waals surface area contributed by atoms with Gasteiger partial charge in [0, 0.05) is 6.08 Å². The summed E-state index contributed by atoms with van der Waals surface area (Å²) < 4.78 is 1.51. The van der Waals surface area contributed by atoms with E-state index in [4.69, 9.17) is 12.4 Å². The minimum Gasteiger partial charge on any atom is -0.175 e. The van der Waals surface area contributed by atoms with Gasteiger partial charge in [-0.3, -0.25) is 0 Å². The fourth-order valence-electron chi connectivity index (χ4n) is 0.470. The van der Waals surface area contributed by atoms with Crippen molar-refractivity contribution < 1.29 is 4.05 Å². The van der Waals surface area contributed by atoms with E-state index in [1.807, 2.05) is 18.2 Å². The molecule has 0 bridgehead atoms. The van der Waals surface area contributed by atoms with E-state index in [1.165, 1.54) is 4.05 Å². The summed E-state index contributed by atoms with van der Waals surface area (Å²) in [7, 11) is 0. The standard InChI is InChI=1S/C5H7N2S/c8-7-5-3-1-2-4-6-7/h1-3,5H,4H2,(H,6,8)/q+1. The molecule has 3 heteroatoms. The highest BCUT2D eigenvalue weighted by Gasteiger charge is 1.93. The Balaban J connectivity index is 2.58.